The van der Waals surface area contributed by atoms with Gasteiger partial charge in [-0.2, -0.15) is 5.26 Å². The number of nitrogens with zero attached hydrogens (tertiary/aromatic N) is 2. The van der Waals surface area contributed by atoms with Crippen molar-refractivity contribution in [2.24, 2.45) is 0 Å². The van der Waals surface area contributed by atoms with Crippen LogP contribution >= 0.6 is 0 Å². The zero-order valence-electron chi connectivity index (χ0n) is 9.73. The molecule has 16 heavy (non-hydrogen) atoms. The van der Waals surface area contributed by atoms with E-state index in [0.29, 0.717) is 6.61 Å². The molecule has 3 nitrogen and oxygen atoms in total. The zero-order chi connectivity index (χ0) is 11.6. The quantitative estimate of drug-likeness (QED) is 0.721. The lowest BCUT2D eigenvalue weighted by Crippen LogP contribution is -2.39. The smallest absolute Gasteiger partial charge is 0.137 e. The highest BCUT2D eigenvalue weighted by atomic mass is 16.5. The van der Waals surface area contributed by atoms with Gasteiger partial charge in [0.05, 0.1) is 12.7 Å². The van der Waals surface area contributed by atoms with Gasteiger partial charge in [0.25, 0.3) is 0 Å². The summed E-state index contributed by atoms with van der Waals surface area (Å²) in [4.78, 5) is 1.99. The second kappa shape index (κ2) is 4.15. The van der Waals surface area contributed by atoms with Crippen LogP contribution in [0.4, 0.5) is 0 Å². The van der Waals surface area contributed by atoms with Gasteiger partial charge >= 0.3 is 0 Å². The monoisotopic (exact) mass is 216 g/mol. The molecule has 0 spiro atoms. The number of rotatable bonds is 1. The normalized spacial score (nSPS) is 24.1. The number of benzene rings is 1. The SMILES string of the molecule is CN(C)C1(C#N)CCCOc2ccccc21. The van der Waals surface area contributed by atoms with Crippen LogP contribution < -0.4 is 4.74 Å². The third-order valence-corrected chi connectivity index (χ3v) is 3.22. The molecule has 0 fully saturated rings. The third-order valence-electron chi connectivity index (χ3n) is 3.22. The van der Waals surface area contributed by atoms with E-state index in [1.54, 1.807) is 0 Å². The fourth-order valence-corrected chi connectivity index (χ4v) is 2.26. The lowest BCUT2D eigenvalue weighted by Gasteiger charge is -2.33. The average molecular weight is 216 g/mol. The van der Waals surface area contributed by atoms with E-state index in [9.17, 15) is 5.26 Å². The summed E-state index contributed by atoms with van der Waals surface area (Å²) >= 11 is 0. The summed E-state index contributed by atoms with van der Waals surface area (Å²) in [7, 11) is 3.90. The van der Waals surface area contributed by atoms with Crippen LogP contribution in [-0.4, -0.2) is 25.6 Å². The lowest BCUT2D eigenvalue weighted by molar-refractivity contribution is 0.202. The first kappa shape index (κ1) is 11.0. The molecule has 1 aromatic rings. The Morgan fingerprint density at radius 2 is 2.12 bits per heavy atom. The molecule has 1 aromatic carbocycles. The van der Waals surface area contributed by atoms with Gasteiger partial charge in [0.2, 0.25) is 0 Å². The highest BCUT2D eigenvalue weighted by Gasteiger charge is 2.38. The number of nitriles is 1. The molecule has 0 aromatic heterocycles. The van der Waals surface area contributed by atoms with E-state index in [1.165, 1.54) is 0 Å². The Hall–Kier alpha value is -1.53. The molecule has 0 amide bonds. The second-order valence-electron chi connectivity index (χ2n) is 4.31. The fraction of sp³-hybridized carbons (Fsp3) is 0.462. The number of para-hydroxylation sites is 1. The van der Waals surface area contributed by atoms with Gasteiger partial charge in [0, 0.05) is 5.56 Å². The summed E-state index contributed by atoms with van der Waals surface area (Å²) in [6.07, 6.45) is 1.72. The maximum absolute atomic E-state index is 9.54. The molecule has 1 aliphatic heterocycles. The van der Waals surface area contributed by atoms with E-state index in [2.05, 4.69) is 6.07 Å². The number of hydrogen-bond donors (Lipinski definition) is 0. The molecule has 0 radical (unpaired) electrons. The Balaban J connectivity index is 2.59. The molecule has 1 aliphatic rings. The molecule has 0 saturated carbocycles. The van der Waals surface area contributed by atoms with Crippen molar-refractivity contribution in [1.82, 2.24) is 4.90 Å². The van der Waals surface area contributed by atoms with Crippen LogP contribution in [0.5, 0.6) is 5.75 Å². The molecule has 0 aliphatic carbocycles. The van der Waals surface area contributed by atoms with Crippen molar-refractivity contribution >= 4 is 0 Å². The third kappa shape index (κ3) is 1.56. The minimum absolute atomic E-state index is 0.549. The van der Waals surface area contributed by atoms with Crippen LogP contribution in [0.25, 0.3) is 0 Å². The highest BCUT2D eigenvalue weighted by molar-refractivity contribution is 5.43. The summed E-state index contributed by atoms with van der Waals surface area (Å²) in [5, 5.41) is 9.54. The van der Waals surface area contributed by atoms with Crippen LogP contribution in [0.1, 0.15) is 18.4 Å². The van der Waals surface area contributed by atoms with Gasteiger partial charge in [-0.1, -0.05) is 18.2 Å². The fourth-order valence-electron chi connectivity index (χ4n) is 2.26. The number of hydrogen-bond acceptors (Lipinski definition) is 3. The summed E-state index contributed by atoms with van der Waals surface area (Å²) in [6.45, 7) is 0.689. The molecule has 2 rings (SSSR count). The van der Waals surface area contributed by atoms with E-state index in [1.807, 2.05) is 43.3 Å². The van der Waals surface area contributed by atoms with Gasteiger partial charge in [-0.15, -0.1) is 0 Å². The van der Waals surface area contributed by atoms with Crippen molar-refractivity contribution in [2.75, 3.05) is 20.7 Å². The number of ether oxygens (including phenoxy) is 1. The zero-order valence-corrected chi connectivity index (χ0v) is 9.73. The predicted octanol–water partition coefficient (Wildman–Crippen LogP) is 2.14. The van der Waals surface area contributed by atoms with Crippen LogP contribution in [0.15, 0.2) is 24.3 Å². The first-order valence-corrected chi connectivity index (χ1v) is 5.52. The van der Waals surface area contributed by atoms with Gasteiger partial charge in [-0.3, -0.25) is 4.90 Å². The van der Waals surface area contributed by atoms with Crippen molar-refractivity contribution in [3.8, 4) is 11.8 Å². The van der Waals surface area contributed by atoms with Gasteiger partial charge in [-0.25, -0.2) is 0 Å². The molecule has 1 heterocycles. The minimum Gasteiger partial charge on any atom is -0.493 e. The Morgan fingerprint density at radius 1 is 1.38 bits per heavy atom. The molecule has 0 saturated heterocycles. The Kier molecular flexibility index (Phi) is 2.84. The van der Waals surface area contributed by atoms with Crippen LogP contribution in [0.3, 0.4) is 0 Å². The van der Waals surface area contributed by atoms with Crippen molar-refractivity contribution < 1.29 is 4.74 Å². The molecule has 84 valence electrons. The van der Waals surface area contributed by atoms with E-state index in [0.717, 1.165) is 24.2 Å². The molecule has 0 N–H and O–H groups in total. The molecule has 3 heteroatoms. The maximum Gasteiger partial charge on any atom is 0.137 e. The van der Waals surface area contributed by atoms with Crippen molar-refractivity contribution in [3.63, 3.8) is 0 Å². The first-order valence-electron chi connectivity index (χ1n) is 5.52. The van der Waals surface area contributed by atoms with Crippen molar-refractivity contribution in [3.05, 3.63) is 29.8 Å². The average Bonchev–Trinajstić information content (AvgIpc) is 2.49. The van der Waals surface area contributed by atoms with Gasteiger partial charge in [0.1, 0.15) is 11.3 Å². The van der Waals surface area contributed by atoms with Crippen LogP contribution in [0.2, 0.25) is 0 Å². The lowest BCUT2D eigenvalue weighted by atomic mass is 9.85. The first-order chi connectivity index (χ1) is 7.70. The Bertz CT molecular complexity index is 422. The van der Waals surface area contributed by atoms with Crippen molar-refractivity contribution in [2.45, 2.75) is 18.4 Å². The van der Waals surface area contributed by atoms with E-state index in [4.69, 9.17) is 4.74 Å². The van der Waals surface area contributed by atoms with Gasteiger partial charge in [0.15, 0.2) is 0 Å². The Labute approximate surface area is 96.2 Å². The molecular weight excluding hydrogens is 200 g/mol. The highest BCUT2D eigenvalue weighted by Crippen LogP contribution is 2.39. The van der Waals surface area contributed by atoms with E-state index < -0.39 is 5.54 Å². The topological polar surface area (TPSA) is 36.3 Å². The summed E-state index contributed by atoms with van der Waals surface area (Å²) in [6, 6.07) is 10.3. The Morgan fingerprint density at radius 3 is 2.81 bits per heavy atom. The number of fused-ring (bicyclic) bond motifs is 1. The van der Waals surface area contributed by atoms with Gasteiger partial charge in [-0.05, 0) is 33.0 Å². The van der Waals surface area contributed by atoms with Gasteiger partial charge < -0.3 is 4.74 Å². The second-order valence-corrected chi connectivity index (χ2v) is 4.31. The van der Waals surface area contributed by atoms with Crippen LogP contribution in [-0.2, 0) is 5.54 Å². The largest absolute Gasteiger partial charge is 0.493 e. The van der Waals surface area contributed by atoms with Crippen molar-refractivity contribution in [1.29, 1.82) is 5.26 Å². The van der Waals surface area contributed by atoms with E-state index in [-0.39, 0.29) is 0 Å². The molecule has 1 atom stereocenters. The summed E-state index contributed by atoms with van der Waals surface area (Å²) in [5.74, 6) is 0.843. The summed E-state index contributed by atoms with van der Waals surface area (Å²) in [5.41, 5.74) is 0.438. The molecule has 0 bridgehead atoms. The standard InChI is InChI=1S/C13H16N2O/c1-15(2)13(10-14)8-5-9-16-12-7-4-3-6-11(12)13/h3-4,6-7H,5,8-9H2,1-2H3. The van der Waals surface area contributed by atoms with Crippen LogP contribution in [0, 0.1) is 11.3 Å². The molecular formula is C13H16N2O. The predicted molar refractivity (Wildman–Crippen MR) is 62.1 cm³/mol. The summed E-state index contributed by atoms with van der Waals surface area (Å²) < 4.78 is 5.68. The maximum atomic E-state index is 9.54. The molecule has 1 unspecified atom stereocenters. The van der Waals surface area contributed by atoms with E-state index >= 15 is 0 Å². The minimum atomic E-state index is -0.549.